The maximum atomic E-state index is 13.3. The molecule has 0 saturated heterocycles. The molecule has 1 N–H and O–H groups in total. The van der Waals surface area contributed by atoms with Gasteiger partial charge in [-0.05, 0) is 0 Å². The number of hydrogen-bond acceptors (Lipinski definition) is 4. The number of fused-ring (bicyclic) bond motifs is 3. The predicted octanol–water partition coefficient (Wildman–Crippen LogP) is 6.53. The van der Waals surface area contributed by atoms with Crippen LogP contribution >= 0.6 is 0 Å². The second-order valence-corrected chi connectivity index (χ2v) is 22.8. The van der Waals surface area contributed by atoms with Crippen LogP contribution in [0.25, 0.3) is 11.1 Å². The fourth-order valence-corrected chi connectivity index (χ4v) is 19.3. The molecule has 5 aromatic rings. The number of alkyl carbamates (subject to hydrolysis) is 1. The third-order valence-electron chi connectivity index (χ3n) is 8.62. The van der Waals surface area contributed by atoms with E-state index in [2.05, 4.69) is 121 Å². The van der Waals surface area contributed by atoms with Crippen LogP contribution in [-0.4, -0.2) is 43.1 Å². The zero-order chi connectivity index (χ0) is 31.8. The van der Waals surface area contributed by atoms with Crippen LogP contribution in [0.15, 0.2) is 152 Å². The number of rotatable bonds is 11. The van der Waals surface area contributed by atoms with Crippen molar-refractivity contribution >= 4 is 41.2 Å². The Morgan fingerprint density at radius 1 is 0.674 bits per heavy atom. The molecular formula is C40H37NO4Sn. The predicted molar refractivity (Wildman–Crippen MR) is 186 cm³/mol. The van der Waals surface area contributed by atoms with Crippen LogP contribution in [0.2, 0.25) is 4.44 Å². The third kappa shape index (κ3) is 6.80. The molecule has 0 radical (unpaired) electrons. The summed E-state index contributed by atoms with van der Waals surface area (Å²) in [5.74, 6) is -0.393. The summed E-state index contributed by atoms with van der Waals surface area (Å²) in [5, 5.41) is 2.98. The molecule has 0 heterocycles. The van der Waals surface area contributed by atoms with Crippen molar-refractivity contribution in [3.8, 4) is 11.1 Å². The van der Waals surface area contributed by atoms with Crippen molar-refractivity contribution in [2.24, 2.45) is 0 Å². The van der Waals surface area contributed by atoms with E-state index < -0.39 is 42.6 Å². The number of hydrogen-bond donors (Lipinski definition) is 1. The Labute approximate surface area is 274 Å². The first-order valence-corrected chi connectivity index (χ1v) is 22.0. The summed E-state index contributed by atoms with van der Waals surface area (Å²) in [4.78, 5) is 25.1. The number of carbonyl (C=O) groups is 2. The second-order valence-electron chi connectivity index (χ2n) is 11.5. The van der Waals surface area contributed by atoms with Gasteiger partial charge in [0, 0.05) is 0 Å². The molecule has 46 heavy (non-hydrogen) atoms. The Hall–Kier alpha value is -4.62. The number of amides is 1. The monoisotopic (exact) mass is 715 g/mol. The van der Waals surface area contributed by atoms with Crippen molar-refractivity contribution in [3.05, 3.63) is 163 Å². The molecule has 0 bridgehead atoms. The molecule has 5 nitrogen and oxygen atoms in total. The molecule has 230 valence electrons. The summed E-state index contributed by atoms with van der Waals surface area (Å²) < 4.78 is 16.5. The van der Waals surface area contributed by atoms with Crippen molar-refractivity contribution in [2.45, 2.75) is 29.9 Å². The van der Waals surface area contributed by atoms with Crippen LogP contribution in [0, 0.1) is 0 Å². The molecule has 1 amide bonds. The van der Waals surface area contributed by atoms with Crippen molar-refractivity contribution < 1.29 is 19.1 Å². The number of esters is 1. The number of ether oxygens (including phenoxy) is 2. The molecule has 0 fully saturated rings. The molecular weight excluding hydrogens is 677 g/mol. The average Bonchev–Trinajstić information content (AvgIpc) is 3.41. The molecule has 1 aliphatic rings. The Morgan fingerprint density at radius 3 is 1.61 bits per heavy atom. The van der Waals surface area contributed by atoms with Gasteiger partial charge in [-0.2, -0.15) is 0 Å². The molecule has 0 saturated carbocycles. The van der Waals surface area contributed by atoms with Crippen LogP contribution in [0.4, 0.5) is 4.79 Å². The van der Waals surface area contributed by atoms with Gasteiger partial charge < -0.3 is 0 Å². The summed E-state index contributed by atoms with van der Waals surface area (Å²) in [6.07, 6.45) is 3.79. The standard InChI is InChI=1S/C22H22NO4.3C6H5.Sn/c1-3-4-9-16(14-26-15(2)24)23-22(25)27-21-19-12-7-5-10-17(19)18-11-6-8-13-20(18)21;3*1-2-4-6-5-3-1;/h3-8,10-13,16,21H,1,9,14H2,2H3,(H,23,25);3*1-5H;/b4-3+;;;;. The van der Waals surface area contributed by atoms with Gasteiger partial charge in [0.25, 0.3) is 0 Å². The first-order chi connectivity index (χ1) is 22.6. The van der Waals surface area contributed by atoms with E-state index >= 15 is 0 Å². The van der Waals surface area contributed by atoms with Crippen LogP contribution in [0.1, 0.15) is 30.6 Å². The minimum absolute atomic E-state index is 0.0527. The van der Waals surface area contributed by atoms with Crippen molar-refractivity contribution in [2.75, 3.05) is 6.61 Å². The van der Waals surface area contributed by atoms with Gasteiger partial charge in [-0.25, -0.2) is 0 Å². The Morgan fingerprint density at radius 2 is 1.13 bits per heavy atom. The van der Waals surface area contributed by atoms with E-state index in [0.29, 0.717) is 6.42 Å². The van der Waals surface area contributed by atoms with Crippen molar-refractivity contribution in [1.29, 1.82) is 0 Å². The van der Waals surface area contributed by atoms with E-state index in [1.807, 2.05) is 36.4 Å². The SMILES string of the molecule is CC(=O)OCC(C/C=C/[CH2][Sn]([c]1ccccc1)([c]1ccccc1)[c]1ccccc1)NC(=O)OC1c2ccccc2-c2ccccc21. The molecule has 0 spiro atoms. The maximum absolute atomic E-state index is 13.3. The first kappa shape index (κ1) is 31.4. The van der Waals surface area contributed by atoms with E-state index in [1.54, 1.807) is 0 Å². The van der Waals surface area contributed by atoms with Gasteiger partial charge >= 0.3 is 264 Å². The summed E-state index contributed by atoms with van der Waals surface area (Å²) in [7, 11) is 0. The summed E-state index contributed by atoms with van der Waals surface area (Å²) in [6.45, 7) is 1.43. The van der Waals surface area contributed by atoms with Gasteiger partial charge in [-0.1, -0.05) is 12.1 Å². The van der Waals surface area contributed by atoms with Crippen LogP contribution in [0.5, 0.6) is 0 Å². The van der Waals surface area contributed by atoms with Crippen molar-refractivity contribution in [1.82, 2.24) is 5.32 Å². The molecule has 5 aromatic carbocycles. The fraction of sp³-hybridized carbons (Fsp3) is 0.150. The molecule has 6 heteroatoms. The Balaban J connectivity index is 1.22. The van der Waals surface area contributed by atoms with E-state index in [-0.39, 0.29) is 6.61 Å². The summed E-state index contributed by atoms with van der Waals surface area (Å²) in [6, 6.07) is 48.1. The third-order valence-corrected chi connectivity index (χ3v) is 22.3. The van der Waals surface area contributed by atoms with Gasteiger partial charge in [0.2, 0.25) is 0 Å². The second kappa shape index (κ2) is 14.6. The van der Waals surface area contributed by atoms with Gasteiger partial charge in [-0.15, -0.1) is 0 Å². The molecule has 1 unspecified atom stereocenters. The zero-order valence-electron chi connectivity index (χ0n) is 25.8. The first-order valence-electron chi connectivity index (χ1n) is 15.7. The molecule has 0 aromatic heterocycles. The number of nitrogens with one attached hydrogen (secondary N) is 1. The number of benzene rings is 5. The quantitative estimate of drug-likeness (QED) is 0.0961. The van der Waals surface area contributed by atoms with E-state index in [9.17, 15) is 9.59 Å². The molecule has 6 rings (SSSR count). The minimum atomic E-state index is -3.47. The normalized spacial score (nSPS) is 13.1. The molecule has 0 aliphatic heterocycles. The van der Waals surface area contributed by atoms with Crippen LogP contribution < -0.4 is 16.1 Å². The van der Waals surface area contributed by atoms with Crippen LogP contribution in [-0.2, 0) is 14.3 Å². The summed E-state index contributed by atoms with van der Waals surface area (Å²) in [5.41, 5.74) is 4.06. The van der Waals surface area contributed by atoms with Crippen molar-refractivity contribution in [3.63, 3.8) is 0 Å². The summed E-state index contributed by atoms with van der Waals surface area (Å²) >= 11 is -3.47. The van der Waals surface area contributed by atoms with Gasteiger partial charge in [0.15, 0.2) is 0 Å². The van der Waals surface area contributed by atoms with Gasteiger partial charge in [0.05, 0.1) is 0 Å². The Kier molecular flexibility index (Phi) is 9.99. The molecule has 1 atom stereocenters. The average molecular weight is 714 g/mol. The number of allylic oxidation sites excluding steroid dienone is 1. The van der Waals surface area contributed by atoms with E-state index in [0.717, 1.165) is 26.7 Å². The van der Waals surface area contributed by atoms with Gasteiger partial charge in [-0.3, -0.25) is 0 Å². The number of carbonyl (C=O) groups excluding carboxylic acids is 2. The van der Waals surface area contributed by atoms with E-state index in [1.165, 1.54) is 17.7 Å². The zero-order valence-corrected chi connectivity index (χ0v) is 28.7. The van der Waals surface area contributed by atoms with E-state index in [4.69, 9.17) is 9.47 Å². The van der Waals surface area contributed by atoms with Gasteiger partial charge in [0.1, 0.15) is 0 Å². The van der Waals surface area contributed by atoms with Crippen LogP contribution in [0.3, 0.4) is 0 Å². The topological polar surface area (TPSA) is 64.6 Å². The molecule has 1 aliphatic carbocycles. The Bertz CT molecular complexity index is 1670. The fourth-order valence-electron chi connectivity index (χ4n) is 6.47.